The van der Waals surface area contributed by atoms with Gasteiger partial charge in [0.25, 0.3) is 0 Å². The number of nitrogens with zero attached hydrogens (tertiary/aromatic N) is 5. The Hall–Kier alpha value is -5.58. The molecule has 1 N–H and O–H groups in total. The fourth-order valence-electron chi connectivity index (χ4n) is 5.41. The van der Waals surface area contributed by atoms with Gasteiger partial charge in [0.15, 0.2) is 5.82 Å². The van der Waals surface area contributed by atoms with Gasteiger partial charge in [0.1, 0.15) is 29.1 Å². The molecule has 11 heteroatoms. The van der Waals surface area contributed by atoms with Gasteiger partial charge in [-0.05, 0) is 81.3 Å². The van der Waals surface area contributed by atoms with Crippen LogP contribution in [-0.2, 0) is 23.1 Å². The number of aryl methyl sites for hydroxylation is 2. The molecule has 2 aromatic carbocycles. The maximum Gasteiger partial charge on any atom is 0.416 e. The van der Waals surface area contributed by atoms with Crippen molar-refractivity contribution in [1.82, 2.24) is 19.5 Å². The van der Waals surface area contributed by atoms with Gasteiger partial charge in [0.05, 0.1) is 17.6 Å². The van der Waals surface area contributed by atoms with Gasteiger partial charge in [-0.25, -0.2) is 24.1 Å². The first-order valence-corrected chi connectivity index (χ1v) is 14.3. The first kappa shape index (κ1) is 29.5. The molecule has 4 heterocycles. The predicted molar refractivity (Wildman–Crippen MR) is 170 cm³/mol. The number of nitrogens with one attached hydrogen (secondary N) is 1. The second-order valence-electron chi connectivity index (χ2n) is 11.7. The molecule has 0 atom stereocenters. The topological polar surface area (TPSA) is 111 Å². The van der Waals surface area contributed by atoms with Crippen LogP contribution in [0.3, 0.4) is 0 Å². The Bertz CT molecular complexity index is 2010. The molecule has 0 fully saturated rings. The molecule has 0 radical (unpaired) electrons. The minimum Gasteiger partial charge on any atom is -0.443 e. The number of hydrogen-bond donors (Lipinski definition) is 1. The van der Waals surface area contributed by atoms with Crippen molar-refractivity contribution < 1.29 is 23.5 Å². The van der Waals surface area contributed by atoms with Crippen molar-refractivity contribution in [2.45, 2.75) is 39.8 Å². The molecule has 5 aromatic rings. The smallest absolute Gasteiger partial charge is 0.416 e. The van der Waals surface area contributed by atoms with Gasteiger partial charge in [0, 0.05) is 35.6 Å². The van der Waals surface area contributed by atoms with Crippen LogP contribution < -0.4 is 15.0 Å². The monoisotopic (exact) mass is 606 g/mol. The van der Waals surface area contributed by atoms with E-state index in [9.17, 15) is 9.59 Å². The molecule has 0 bridgehead atoms. The number of pyridine rings is 1. The summed E-state index contributed by atoms with van der Waals surface area (Å²) in [6.07, 6.45) is 1.90. The number of anilines is 2. The van der Waals surface area contributed by atoms with E-state index in [1.54, 1.807) is 50.6 Å². The van der Waals surface area contributed by atoms with Gasteiger partial charge in [-0.2, -0.15) is 0 Å². The minimum atomic E-state index is -0.767. The van der Waals surface area contributed by atoms with Gasteiger partial charge in [0.2, 0.25) is 11.8 Å². The molecule has 0 aliphatic carbocycles. The average Bonchev–Trinajstić information content (AvgIpc) is 3.18. The van der Waals surface area contributed by atoms with Gasteiger partial charge in [-0.15, -0.1) is 0 Å². The van der Waals surface area contributed by atoms with Crippen LogP contribution >= 0.6 is 0 Å². The first-order valence-electron chi connectivity index (χ1n) is 14.3. The number of fused-ring (bicyclic) bond motifs is 2. The zero-order valence-electron chi connectivity index (χ0n) is 25.5. The Morgan fingerprint density at radius 3 is 2.56 bits per heavy atom. The Morgan fingerprint density at radius 2 is 1.84 bits per heavy atom. The first-order chi connectivity index (χ1) is 21.4. The lowest BCUT2D eigenvalue weighted by Crippen LogP contribution is -2.37. The molecule has 228 valence electrons. The number of aromatic nitrogens is 4. The van der Waals surface area contributed by atoms with Gasteiger partial charge in [-0.1, -0.05) is 18.7 Å². The van der Waals surface area contributed by atoms with Gasteiger partial charge >= 0.3 is 6.09 Å². The largest absolute Gasteiger partial charge is 0.443 e. The third kappa shape index (κ3) is 5.60. The van der Waals surface area contributed by atoms with Crippen molar-refractivity contribution in [1.29, 1.82) is 0 Å². The van der Waals surface area contributed by atoms with Crippen LogP contribution in [0.5, 0.6) is 11.6 Å². The molecule has 45 heavy (non-hydrogen) atoms. The third-order valence-corrected chi connectivity index (χ3v) is 7.25. The summed E-state index contributed by atoms with van der Waals surface area (Å²) in [5.41, 5.74) is 3.72. The number of benzene rings is 2. The lowest BCUT2D eigenvalue weighted by atomic mass is 9.95. The van der Waals surface area contributed by atoms with Crippen molar-refractivity contribution in [3.05, 3.63) is 90.7 Å². The van der Waals surface area contributed by atoms with Gasteiger partial charge in [-0.3, -0.25) is 9.69 Å². The summed E-state index contributed by atoms with van der Waals surface area (Å²) < 4.78 is 29.6. The molecule has 0 saturated carbocycles. The van der Waals surface area contributed by atoms with E-state index >= 15 is 4.39 Å². The number of carbonyl (C=O) groups excluding carboxylic acids is 2. The predicted octanol–water partition coefficient (Wildman–Crippen LogP) is 7.32. The van der Waals surface area contributed by atoms with E-state index in [4.69, 9.17) is 9.47 Å². The molecule has 1 aliphatic rings. The molecule has 0 unspecified atom stereocenters. The molecule has 1 aliphatic heterocycles. The normalized spacial score (nSPS) is 12.4. The van der Waals surface area contributed by atoms with E-state index in [2.05, 4.69) is 26.8 Å². The summed E-state index contributed by atoms with van der Waals surface area (Å²) in [6.45, 7) is 10.8. The molecule has 0 saturated heterocycles. The van der Waals surface area contributed by atoms with E-state index in [1.807, 2.05) is 37.3 Å². The molecule has 2 amide bonds. The maximum atomic E-state index is 15.9. The summed E-state index contributed by atoms with van der Waals surface area (Å²) in [4.78, 5) is 40.5. The lowest BCUT2D eigenvalue weighted by molar-refractivity contribution is -0.111. The fraction of sp³-hybridized carbons (Fsp3) is 0.206. The van der Waals surface area contributed by atoms with E-state index < -0.39 is 23.4 Å². The van der Waals surface area contributed by atoms with E-state index in [0.29, 0.717) is 45.3 Å². The highest BCUT2D eigenvalue weighted by Gasteiger charge is 2.34. The van der Waals surface area contributed by atoms with Crippen molar-refractivity contribution >= 4 is 34.5 Å². The summed E-state index contributed by atoms with van der Waals surface area (Å²) in [7, 11) is 1.78. The molecule has 0 spiro atoms. The second kappa shape index (κ2) is 11.2. The van der Waals surface area contributed by atoms with Crippen LogP contribution in [0.15, 0.2) is 73.6 Å². The Kier molecular flexibility index (Phi) is 7.32. The van der Waals surface area contributed by atoms with Crippen LogP contribution in [0.4, 0.5) is 20.7 Å². The summed E-state index contributed by atoms with van der Waals surface area (Å²) in [6, 6.07) is 15.5. The summed E-state index contributed by atoms with van der Waals surface area (Å²) in [5, 5.41) is 3.16. The Morgan fingerprint density at radius 1 is 1.07 bits per heavy atom. The van der Waals surface area contributed by atoms with Crippen molar-refractivity contribution in [3.8, 4) is 34.0 Å². The van der Waals surface area contributed by atoms with E-state index in [1.165, 1.54) is 17.3 Å². The number of carbonyl (C=O) groups is 2. The SMILES string of the molecule is C=CC(=O)Nc1ccc(-c2c3c4c(ncnc4n2C)N(C(=O)OC(C)(C)C)Cc2cc(Oc4cccc(C)n4)ccc2-3)c(F)c1. The maximum absolute atomic E-state index is 15.9. The fourth-order valence-corrected chi connectivity index (χ4v) is 5.41. The zero-order chi connectivity index (χ0) is 32.0. The highest BCUT2D eigenvalue weighted by molar-refractivity contribution is 6.12. The lowest BCUT2D eigenvalue weighted by Gasteiger charge is -2.26. The van der Waals surface area contributed by atoms with Crippen molar-refractivity contribution in [3.63, 3.8) is 0 Å². The van der Waals surface area contributed by atoms with Crippen molar-refractivity contribution in [2.75, 3.05) is 10.2 Å². The van der Waals surface area contributed by atoms with Crippen LogP contribution in [-0.4, -0.2) is 37.1 Å². The molecule has 10 nitrogen and oxygen atoms in total. The second-order valence-corrected chi connectivity index (χ2v) is 11.7. The number of hydrogen-bond acceptors (Lipinski definition) is 7. The van der Waals surface area contributed by atoms with Crippen molar-refractivity contribution in [2.24, 2.45) is 7.05 Å². The Labute approximate surface area is 259 Å². The standard InChI is InChI=1S/C34H31FN6O4/c1-7-26(42)39-21-11-13-24(25(35)16-21)30-28-23-14-12-22(44-27-10-8-9-19(2)38-27)15-20(23)17-41(33(43)45-34(3,4)5)32-29(28)31(40(30)6)36-18-37-32/h7-16,18H,1,17H2,2-6H3,(H,39,42). The zero-order valence-corrected chi connectivity index (χ0v) is 25.5. The van der Waals surface area contributed by atoms with Crippen LogP contribution in [0.25, 0.3) is 33.4 Å². The molecular weight excluding hydrogens is 575 g/mol. The minimum absolute atomic E-state index is 0.0989. The van der Waals surface area contributed by atoms with Crippen LogP contribution in [0, 0.1) is 12.7 Å². The van der Waals surface area contributed by atoms with Crippen LogP contribution in [0.2, 0.25) is 0 Å². The highest BCUT2D eigenvalue weighted by atomic mass is 19.1. The van der Waals surface area contributed by atoms with Crippen LogP contribution in [0.1, 0.15) is 32.0 Å². The highest BCUT2D eigenvalue weighted by Crippen LogP contribution is 2.48. The third-order valence-electron chi connectivity index (χ3n) is 7.25. The average molecular weight is 607 g/mol. The van der Waals surface area contributed by atoms with E-state index in [-0.39, 0.29) is 17.8 Å². The van der Waals surface area contributed by atoms with Gasteiger partial charge < -0.3 is 19.4 Å². The summed E-state index contributed by atoms with van der Waals surface area (Å²) in [5.74, 6) is 0.257. The number of amides is 2. The molecule has 6 rings (SSSR count). The Balaban J connectivity index is 1.58. The summed E-state index contributed by atoms with van der Waals surface area (Å²) >= 11 is 0. The molecular formula is C34H31FN6O4. The van der Waals surface area contributed by atoms with E-state index in [0.717, 1.165) is 17.3 Å². The number of rotatable bonds is 5. The number of ether oxygens (including phenoxy) is 2. The quantitative estimate of drug-likeness (QED) is 0.209. The molecule has 3 aromatic heterocycles. The number of halogens is 1.